The van der Waals surface area contributed by atoms with E-state index in [2.05, 4.69) is 0 Å². The Kier molecular flexibility index (Phi) is 4.29. The molecule has 0 aliphatic rings. The second kappa shape index (κ2) is 5.50. The lowest BCUT2D eigenvalue weighted by Crippen LogP contribution is -2.19. The van der Waals surface area contributed by atoms with Gasteiger partial charge in [-0.3, -0.25) is 0 Å². The second-order valence-corrected chi connectivity index (χ2v) is 3.62. The number of carbonyl (C=O) groups is 1. The van der Waals surface area contributed by atoms with Crippen LogP contribution in [-0.4, -0.2) is 17.2 Å². The van der Waals surface area contributed by atoms with Crippen LogP contribution in [0.3, 0.4) is 0 Å². The molecule has 1 atom stereocenters. The van der Waals surface area contributed by atoms with E-state index in [0.717, 1.165) is 0 Å². The molecular formula is C11H10ClNO3. The van der Waals surface area contributed by atoms with Crippen LogP contribution in [-0.2, 0) is 16.1 Å². The van der Waals surface area contributed by atoms with Gasteiger partial charge in [-0.05, 0) is 24.6 Å². The smallest absolute Gasteiger partial charge is 0.332 e. The fraction of sp³-hybridized carbons (Fsp3) is 0.273. The van der Waals surface area contributed by atoms with E-state index in [0.29, 0.717) is 16.1 Å². The molecule has 0 bridgehead atoms. The SMILES string of the molecule is C[C@H](OCc1ccc(C#N)cc1Cl)C(=O)O. The first-order valence-electron chi connectivity index (χ1n) is 4.57. The molecule has 1 aromatic rings. The van der Waals surface area contributed by atoms with E-state index in [1.54, 1.807) is 12.1 Å². The molecule has 0 aliphatic carbocycles. The molecule has 84 valence electrons. The van der Waals surface area contributed by atoms with Crippen molar-refractivity contribution in [2.75, 3.05) is 0 Å². The summed E-state index contributed by atoms with van der Waals surface area (Å²) >= 11 is 5.89. The zero-order chi connectivity index (χ0) is 12.1. The van der Waals surface area contributed by atoms with Gasteiger partial charge in [-0.15, -0.1) is 0 Å². The van der Waals surface area contributed by atoms with Crippen LogP contribution in [0.2, 0.25) is 5.02 Å². The van der Waals surface area contributed by atoms with Crippen molar-refractivity contribution in [1.29, 1.82) is 5.26 Å². The van der Waals surface area contributed by atoms with Crippen LogP contribution in [0.25, 0.3) is 0 Å². The number of rotatable bonds is 4. The molecule has 1 aromatic carbocycles. The van der Waals surface area contributed by atoms with Crippen molar-refractivity contribution in [2.45, 2.75) is 19.6 Å². The summed E-state index contributed by atoms with van der Waals surface area (Å²) in [6, 6.07) is 6.73. The summed E-state index contributed by atoms with van der Waals surface area (Å²) in [5.41, 5.74) is 1.12. The summed E-state index contributed by atoms with van der Waals surface area (Å²) in [6.45, 7) is 1.55. The van der Waals surface area contributed by atoms with E-state index < -0.39 is 12.1 Å². The van der Waals surface area contributed by atoms with Crippen molar-refractivity contribution in [2.24, 2.45) is 0 Å². The van der Waals surface area contributed by atoms with Crippen molar-refractivity contribution in [3.05, 3.63) is 34.3 Å². The normalized spacial score (nSPS) is 11.8. The van der Waals surface area contributed by atoms with Gasteiger partial charge in [-0.25, -0.2) is 4.79 Å². The van der Waals surface area contributed by atoms with E-state index in [-0.39, 0.29) is 6.61 Å². The number of hydrogen-bond acceptors (Lipinski definition) is 3. The average molecular weight is 240 g/mol. The van der Waals surface area contributed by atoms with Gasteiger partial charge in [0, 0.05) is 5.02 Å². The lowest BCUT2D eigenvalue weighted by Gasteiger charge is -2.09. The number of aliphatic carboxylic acids is 1. The third kappa shape index (κ3) is 3.23. The number of benzene rings is 1. The molecule has 0 saturated heterocycles. The highest BCUT2D eigenvalue weighted by atomic mass is 35.5. The predicted molar refractivity (Wildman–Crippen MR) is 58.1 cm³/mol. The van der Waals surface area contributed by atoms with Crippen molar-refractivity contribution < 1.29 is 14.6 Å². The molecule has 0 heterocycles. The lowest BCUT2D eigenvalue weighted by atomic mass is 10.1. The third-order valence-corrected chi connectivity index (χ3v) is 2.37. The van der Waals surface area contributed by atoms with Crippen molar-refractivity contribution in [1.82, 2.24) is 0 Å². The molecule has 0 radical (unpaired) electrons. The molecule has 16 heavy (non-hydrogen) atoms. The Morgan fingerprint density at radius 1 is 1.69 bits per heavy atom. The Bertz CT molecular complexity index is 439. The fourth-order valence-corrected chi connectivity index (χ4v) is 1.26. The molecule has 0 amide bonds. The van der Waals surface area contributed by atoms with Gasteiger partial charge in [-0.1, -0.05) is 17.7 Å². The maximum Gasteiger partial charge on any atom is 0.332 e. The number of halogens is 1. The number of carboxylic acids is 1. The lowest BCUT2D eigenvalue weighted by molar-refractivity contribution is -0.149. The summed E-state index contributed by atoms with van der Waals surface area (Å²) in [5, 5.41) is 17.6. The number of nitriles is 1. The average Bonchev–Trinajstić information content (AvgIpc) is 2.26. The molecule has 1 rings (SSSR count). The Balaban J connectivity index is 2.69. The van der Waals surface area contributed by atoms with Crippen LogP contribution in [0.15, 0.2) is 18.2 Å². The zero-order valence-electron chi connectivity index (χ0n) is 8.61. The summed E-state index contributed by atoms with van der Waals surface area (Å²) in [5.74, 6) is -1.02. The summed E-state index contributed by atoms with van der Waals surface area (Å²) in [7, 11) is 0. The van der Waals surface area contributed by atoms with Gasteiger partial charge in [0.2, 0.25) is 0 Å². The van der Waals surface area contributed by atoms with Gasteiger partial charge in [0.15, 0.2) is 6.10 Å². The highest BCUT2D eigenvalue weighted by Crippen LogP contribution is 2.18. The number of carboxylic acid groups (broad SMARTS) is 1. The maximum absolute atomic E-state index is 10.5. The molecule has 0 aliphatic heterocycles. The first kappa shape index (κ1) is 12.5. The minimum Gasteiger partial charge on any atom is -0.479 e. The third-order valence-electron chi connectivity index (χ3n) is 2.02. The molecule has 0 aromatic heterocycles. The Labute approximate surface area is 98.0 Å². The largest absolute Gasteiger partial charge is 0.479 e. The van der Waals surface area contributed by atoms with Crippen LogP contribution in [0.4, 0.5) is 0 Å². The maximum atomic E-state index is 10.5. The van der Waals surface area contributed by atoms with Gasteiger partial charge < -0.3 is 9.84 Å². The molecule has 0 saturated carbocycles. The Morgan fingerprint density at radius 3 is 2.88 bits per heavy atom. The summed E-state index contributed by atoms with van der Waals surface area (Å²) < 4.78 is 5.08. The van der Waals surface area contributed by atoms with Crippen molar-refractivity contribution >= 4 is 17.6 Å². The quantitative estimate of drug-likeness (QED) is 0.875. The van der Waals surface area contributed by atoms with Gasteiger partial charge in [0.25, 0.3) is 0 Å². The van der Waals surface area contributed by atoms with E-state index >= 15 is 0 Å². The summed E-state index contributed by atoms with van der Waals surface area (Å²) in [4.78, 5) is 10.5. The first-order chi connectivity index (χ1) is 7.54. The number of ether oxygens (including phenoxy) is 1. The summed E-state index contributed by atoms with van der Waals surface area (Å²) in [6.07, 6.45) is -0.883. The molecular weight excluding hydrogens is 230 g/mol. The number of hydrogen-bond donors (Lipinski definition) is 1. The molecule has 4 nitrogen and oxygen atoms in total. The standard InChI is InChI=1S/C11H10ClNO3/c1-7(11(14)15)16-6-9-3-2-8(5-13)4-10(9)12/h2-4,7H,6H2,1H3,(H,14,15)/t7-/m0/s1. The molecule has 1 N–H and O–H groups in total. The minimum absolute atomic E-state index is 0.109. The highest BCUT2D eigenvalue weighted by Gasteiger charge is 2.12. The molecule has 5 heteroatoms. The van der Waals surface area contributed by atoms with E-state index in [4.69, 9.17) is 26.7 Å². The van der Waals surface area contributed by atoms with Gasteiger partial charge in [-0.2, -0.15) is 5.26 Å². The van der Waals surface area contributed by atoms with Gasteiger partial charge in [0.05, 0.1) is 18.2 Å². The monoisotopic (exact) mass is 239 g/mol. The minimum atomic E-state index is -1.02. The Hall–Kier alpha value is -1.57. The van der Waals surface area contributed by atoms with E-state index in [1.807, 2.05) is 6.07 Å². The predicted octanol–water partition coefficient (Wildman–Crippen LogP) is 2.20. The highest BCUT2D eigenvalue weighted by molar-refractivity contribution is 6.31. The zero-order valence-corrected chi connectivity index (χ0v) is 9.36. The van der Waals surface area contributed by atoms with E-state index in [9.17, 15) is 4.79 Å². The van der Waals surface area contributed by atoms with Gasteiger partial charge >= 0.3 is 5.97 Å². The van der Waals surface area contributed by atoms with Crippen LogP contribution in [0.5, 0.6) is 0 Å². The second-order valence-electron chi connectivity index (χ2n) is 3.21. The topological polar surface area (TPSA) is 70.3 Å². The molecule has 0 spiro atoms. The number of nitrogens with zero attached hydrogens (tertiary/aromatic N) is 1. The van der Waals surface area contributed by atoms with Crippen molar-refractivity contribution in [3.8, 4) is 6.07 Å². The van der Waals surface area contributed by atoms with Crippen molar-refractivity contribution in [3.63, 3.8) is 0 Å². The molecule has 0 unspecified atom stereocenters. The van der Waals surface area contributed by atoms with E-state index in [1.165, 1.54) is 13.0 Å². The van der Waals surface area contributed by atoms with Crippen LogP contribution >= 0.6 is 11.6 Å². The first-order valence-corrected chi connectivity index (χ1v) is 4.95. The Morgan fingerprint density at radius 2 is 2.38 bits per heavy atom. The van der Waals surface area contributed by atoms with Gasteiger partial charge in [0.1, 0.15) is 0 Å². The van der Waals surface area contributed by atoms with Crippen LogP contribution < -0.4 is 0 Å². The fourth-order valence-electron chi connectivity index (χ4n) is 1.02. The van der Waals surface area contributed by atoms with Crippen LogP contribution in [0.1, 0.15) is 18.1 Å². The van der Waals surface area contributed by atoms with Crippen LogP contribution in [0, 0.1) is 11.3 Å². The molecule has 0 fully saturated rings.